The van der Waals surface area contributed by atoms with Gasteiger partial charge in [0.2, 0.25) is 11.8 Å². The summed E-state index contributed by atoms with van der Waals surface area (Å²) < 4.78 is 4.90. The number of anilines is 1. The second-order valence-electron chi connectivity index (χ2n) is 4.13. The van der Waals surface area contributed by atoms with Gasteiger partial charge in [-0.15, -0.1) is 0 Å². The molecule has 100 valence electrons. The van der Waals surface area contributed by atoms with E-state index in [-0.39, 0.29) is 37.0 Å². The van der Waals surface area contributed by atoms with Gasteiger partial charge in [-0.3, -0.25) is 24.6 Å². The summed E-state index contributed by atoms with van der Waals surface area (Å²) in [6.45, 7) is 0.0420. The van der Waals surface area contributed by atoms with Crippen LogP contribution in [0.2, 0.25) is 0 Å². The van der Waals surface area contributed by atoms with Gasteiger partial charge < -0.3 is 4.74 Å². The number of nitrogens with zero attached hydrogens (tertiary/aromatic N) is 2. The molecule has 0 aromatic heterocycles. The van der Waals surface area contributed by atoms with E-state index in [1.165, 1.54) is 25.3 Å². The van der Waals surface area contributed by atoms with Gasteiger partial charge in [0.05, 0.1) is 22.8 Å². The molecule has 1 fully saturated rings. The van der Waals surface area contributed by atoms with Crippen LogP contribution in [0.3, 0.4) is 0 Å². The van der Waals surface area contributed by atoms with E-state index in [1.807, 2.05) is 0 Å². The molecule has 19 heavy (non-hydrogen) atoms. The third kappa shape index (κ3) is 2.45. The van der Waals surface area contributed by atoms with Crippen LogP contribution in [-0.4, -0.2) is 23.8 Å². The van der Waals surface area contributed by atoms with E-state index < -0.39 is 4.92 Å². The quantitative estimate of drug-likeness (QED) is 0.465. The zero-order chi connectivity index (χ0) is 14.0. The Balaban J connectivity index is 2.43. The molecule has 1 aromatic carbocycles. The van der Waals surface area contributed by atoms with Crippen LogP contribution in [0.1, 0.15) is 18.4 Å². The summed E-state index contributed by atoms with van der Waals surface area (Å²) in [5.74, 6) is -0.579. The molecule has 1 aliphatic heterocycles. The molecule has 0 unspecified atom stereocenters. The monoisotopic (exact) mass is 264 g/mol. The minimum atomic E-state index is -0.522. The van der Waals surface area contributed by atoms with Crippen LogP contribution in [0.25, 0.3) is 0 Å². The standard InChI is InChI=1S/C12H12N2O5/c1-19-7-8-6-9(2-3-10(8)14(17)18)13-11(15)4-5-12(13)16/h2-3,6H,4-5,7H2,1H3. The van der Waals surface area contributed by atoms with Crippen LogP contribution < -0.4 is 4.90 Å². The Bertz CT molecular complexity index is 539. The van der Waals surface area contributed by atoms with Gasteiger partial charge in [0.15, 0.2) is 0 Å². The molecule has 0 bridgehead atoms. The lowest BCUT2D eigenvalue weighted by molar-refractivity contribution is -0.385. The molecule has 1 heterocycles. The lowest BCUT2D eigenvalue weighted by Crippen LogP contribution is -2.28. The van der Waals surface area contributed by atoms with Crippen LogP contribution in [0.4, 0.5) is 11.4 Å². The maximum absolute atomic E-state index is 11.6. The number of carbonyl (C=O) groups excluding carboxylic acids is 2. The summed E-state index contributed by atoms with van der Waals surface area (Å²) in [6.07, 6.45) is 0.352. The highest BCUT2D eigenvalue weighted by molar-refractivity contribution is 6.19. The van der Waals surface area contributed by atoms with Gasteiger partial charge in [-0.05, 0) is 12.1 Å². The number of imide groups is 1. The van der Waals surface area contributed by atoms with Crippen molar-refractivity contribution in [3.63, 3.8) is 0 Å². The molecule has 0 N–H and O–H groups in total. The van der Waals surface area contributed by atoms with Crippen molar-refractivity contribution >= 4 is 23.2 Å². The maximum atomic E-state index is 11.6. The van der Waals surface area contributed by atoms with E-state index in [9.17, 15) is 19.7 Å². The second-order valence-corrected chi connectivity index (χ2v) is 4.13. The van der Waals surface area contributed by atoms with Crippen molar-refractivity contribution in [1.82, 2.24) is 0 Å². The molecule has 7 nitrogen and oxygen atoms in total. The smallest absolute Gasteiger partial charge is 0.275 e. The van der Waals surface area contributed by atoms with Gasteiger partial charge in [-0.2, -0.15) is 0 Å². The van der Waals surface area contributed by atoms with Gasteiger partial charge in [0.1, 0.15) is 0 Å². The molecule has 0 spiro atoms. The Labute approximate surface area is 108 Å². The molecule has 0 atom stereocenters. The predicted octanol–water partition coefficient (Wildman–Crippen LogP) is 1.39. The van der Waals surface area contributed by atoms with E-state index in [4.69, 9.17) is 4.74 Å². The van der Waals surface area contributed by atoms with Crippen LogP contribution >= 0.6 is 0 Å². The van der Waals surface area contributed by atoms with Gasteiger partial charge in [-0.25, -0.2) is 0 Å². The Kier molecular flexibility index (Phi) is 3.57. The molecular formula is C12H12N2O5. The number of nitro groups is 1. The minimum absolute atomic E-state index is 0.0420. The van der Waals surface area contributed by atoms with Crippen LogP contribution in [-0.2, 0) is 20.9 Å². The molecule has 0 aliphatic carbocycles. The fraction of sp³-hybridized carbons (Fsp3) is 0.333. The van der Waals surface area contributed by atoms with E-state index in [1.54, 1.807) is 0 Å². The summed E-state index contributed by atoms with van der Waals surface area (Å²) in [5, 5.41) is 10.9. The highest BCUT2D eigenvalue weighted by Crippen LogP contribution is 2.28. The van der Waals surface area contributed by atoms with Crippen LogP contribution in [0.15, 0.2) is 18.2 Å². The van der Waals surface area contributed by atoms with Crippen molar-refractivity contribution in [3.8, 4) is 0 Å². The number of benzene rings is 1. The molecule has 1 saturated heterocycles. The zero-order valence-electron chi connectivity index (χ0n) is 10.3. The van der Waals surface area contributed by atoms with Gasteiger partial charge in [0.25, 0.3) is 5.69 Å². The Morgan fingerprint density at radius 1 is 1.32 bits per heavy atom. The molecule has 0 radical (unpaired) electrons. The Hall–Kier alpha value is -2.28. The highest BCUT2D eigenvalue weighted by Gasteiger charge is 2.31. The lowest BCUT2D eigenvalue weighted by atomic mass is 10.1. The summed E-state index contributed by atoms with van der Waals surface area (Å²) in [6, 6.07) is 4.13. The van der Waals surface area contributed by atoms with E-state index in [0.717, 1.165) is 4.90 Å². The predicted molar refractivity (Wildman–Crippen MR) is 65.5 cm³/mol. The van der Waals surface area contributed by atoms with E-state index in [2.05, 4.69) is 0 Å². The summed E-state index contributed by atoms with van der Waals surface area (Å²) in [5.41, 5.74) is 0.590. The van der Waals surface area contributed by atoms with Crippen molar-refractivity contribution in [2.75, 3.05) is 12.0 Å². The minimum Gasteiger partial charge on any atom is -0.380 e. The second kappa shape index (κ2) is 5.15. The highest BCUT2D eigenvalue weighted by atomic mass is 16.6. The molecule has 1 aliphatic rings. The largest absolute Gasteiger partial charge is 0.380 e. The molecular weight excluding hydrogens is 252 g/mol. The number of ether oxygens (including phenoxy) is 1. The number of amides is 2. The number of methoxy groups -OCH3 is 1. The molecule has 0 saturated carbocycles. The summed E-state index contributed by atoms with van der Waals surface area (Å²) in [4.78, 5) is 34.6. The van der Waals surface area contributed by atoms with Crippen molar-refractivity contribution < 1.29 is 19.2 Å². The average Bonchev–Trinajstić information content (AvgIpc) is 2.69. The third-order valence-electron chi connectivity index (χ3n) is 2.87. The number of carbonyl (C=O) groups is 2. The molecule has 2 rings (SSSR count). The third-order valence-corrected chi connectivity index (χ3v) is 2.87. The lowest BCUT2D eigenvalue weighted by Gasteiger charge is -2.14. The zero-order valence-corrected chi connectivity index (χ0v) is 10.3. The molecule has 2 amide bonds. The number of nitro benzene ring substituents is 1. The van der Waals surface area contributed by atoms with Crippen molar-refractivity contribution in [2.45, 2.75) is 19.4 Å². The summed E-state index contributed by atoms with van der Waals surface area (Å²) in [7, 11) is 1.42. The van der Waals surface area contributed by atoms with Gasteiger partial charge >= 0.3 is 0 Å². The normalized spacial score (nSPS) is 15.1. The average molecular weight is 264 g/mol. The summed E-state index contributed by atoms with van der Waals surface area (Å²) >= 11 is 0. The van der Waals surface area contributed by atoms with E-state index in [0.29, 0.717) is 11.3 Å². The van der Waals surface area contributed by atoms with Gasteiger partial charge in [0, 0.05) is 26.0 Å². The van der Waals surface area contributed by atoms with Crippen molar-refractivity contribution in [3.05, 3.63) is 33.9 Å². The molecule has 7 heteroatoms. The maximum Gasteiger partial charge on any atom is 0.275 e. The Morgan fingerprint density at radius 2 is 1.95 bits per heavy atom. The van der Waals surface area contributed by atoms with Crippen molar-refractivity contribution in [1.29, 1.82) is 0 Å². The van der Waals surface area contributed by atoms with Gasteiger partial charge in [-0.1, -0.05) is 0 Å². The molecule has 1 aromatic rings. The fourth-order valence-corrected chi connectivity index (χ4v) is 2.02. The first-order valence-corrected chi connectivity index (χ1v) is 5.66. The SMILES string of the molecule is COCc1cc(N2C(=O)CCC2=O)ccc1[N+](=O)[O-]. The number of hydrogen-bond acceptors (Lipinski definition) is 5. The van der Waals surface area contributed by atoms with Crippen LogP contribution in [0.5, 0.6) is 0 Å². The van der Waals surface area contributed by atoms with E-state index >= 15 is 0 Å². The van der Waals surface area contributed by atoms with Crippen LogP contribution in [0, 0.1) is 10.1 Å². The number of hydrogen-bond donors (Lipinski definition) is 0. The topological polar surface area (TPSA) is 89.8 Å². The number of rotatable bonds is 4. The fourth-order valence-electron chi connectivity index (χ4n) is 2.02. The first-order valence-electron chi connectivity index (χ1n) is 5.66. The Morgan fingerprint density at radius 3 is 2.47 bits per heavy atom. The first kappa shape index (κ1) is 13.2. The van der Waals surface area contributed by atoms with Crippen molar-refractivity contribution in [2.24, 2.45) is 0 Å². The first-order chi connectivity index (χ1) is 9.04.